The number of H-pyrrole nitrogens is 1. The van der Waals surface area contributed by atoms with Crippen LogP contribution < -0.4 is 4.90 Å². The summed E-state index contributed by atoms with van der Waals surface area (Å²) in [5.41, 5.74) is 3.89. The van der Waals surface area contributed by atoms with Crippen molar-refractivity contribution in [3.63, 3.8) is 0 Å². The molecule has 2 N–H and O–H groups in total. The summed E-state index contributed by atoms with van der Waals surface area (Å²) < 4.78 is 0. The number of aliphatic hydroxyl groups is 1. The first-order chi connectivity index (χ1) is 12.8. The molecular formula is C20H20N4O2. The van der Waals surface area contributed by atoms with Crippen molar-refractivity contribution < 1.29 is 9.90 Å². The lowest BCUT2D eigenvalue weighted by Crippen LogP contribution is -2.36. The molecular weight excluding hydrogens is 328 g/mol. The molecule has 0 aliphatic carbocycles. The van der Waals surface area contributed by atoms with Gasteiger partial charge in [-0.2, -0.15) is 5.10 Å². The zero-order chi connectivity index (χ0) is 17.9. The summed E-state index contributed by atoms with van der Waals surface area (Å²) in [6.07, 6.45) is 3.59. The van der Waals surface area contributed by atoms with Crippen molar-refractivity contribution in [2.24, 2.45) is 0 Å². The number of aromatic amines is 1. The maximum atomic E-state index is 12.9. The standard InChI is InChI=1S/C20H20N4O2/c25-14-19-13-23(12-15-4-2-1-3-5-15)20(26)24(19)18-8-6-16(7-9-18)17-10-21-22-11-17/h1-11,19,25H,12-14H2,(H,21,22). The molecule has 1 fully saturated rings. The highest BCUT2D eigenvalue weighted by Crippen LogP contribution is 2.28. The maximum absolute atomic E-state index is 12.9. The van der Waals surface area contributed by atoms with E-state index in [1.807, 2.05) is 60.8 Å². The number of benzene rings is 2. The van der Waals surface area contributed by atoms with E-state index in [1.165, 1.54) is 0 Å². The zero-order valence-electron chi connectivity index (χ0n) is 14.2. The molecule has 6 nitrogen and oxygen atoms in total. The van der Waals surface area contributed by atoms with Gasteiger partial charge in [-0.05, 0) is 23.3 Å². The second-order valence-electron chi connectivity index (χ2n) is 6.39. The second kappa shape index (κ2) is 7.01. The number of nitrogens with one attached hydrogen (secondary N) is 1. The Balaban J connectivity index is 1.55. The van der Waals surface area contributed by atoms with Gasteiger partial charge in [-0.25, -0.2) is 4.79 Å². The van der Waals surface area contributed by atoms with Gasteiger partial charge in [0.1, 0.15) is 0 Å². The number of carbonyl (C=O) groups excluding carboxylic acids is 1. The van der Waals surface area contributed by atoms with Crippen molar-refractivity contribution in [3.8, 4) is 11.1 Å². The Bertz CT molecular complexity index is 863. The predicted octanol–water partition coefficient (Wildman–Crippen LogP) is 2.88. The molecule has 1 aliphatic heterocycles. The molecule has 2 amide bonds. The van der Waals surface area contributed by atoms with Gasteiger partial charge >= 0.3 is 6.03 Å². The number of aromatic nitrogens is 2. The van der Waals surface area contributed by atoms with Crippen LogP contribution in [0.5, 0.6) is 0 Å². The third-order valence-electron chi connectivity index (χ3n) is 4.68. The quantitative estimate of drug-likeness (QED) is 0.745. The van der Waals surface area contributed by atoms with Gasteiger partial charge < -0.3 is 10.0 Å². The second-order valence-corrected chi connectivity index (χ2v) is 6.39. The number of hydrogen-bond acceptors (Lipinski definition) is 3. The van der Waals surface area contributed by atoms with Crippen molar-refractivity contribution in [1.82, 2.24) is 15.1 Å². The highest BCUT2D eigenvalue weighted by Gasteiger charge is 2.37. The highest BCUT2D eigenvalue weighted by atomic mass is 16.3. The summed E-state index contributed by atoms with van der Waals surface area (Å²) in [6.45, 7) is 0.980. The van der Waals surface area contributed by atoms with E-state index in [0.717, 1.165) is 22.4 Å². The fourth-order valence-corrected chi connectivity index (χ4v) is 3.34. The fraction of sp³-hybridized carbons (Fsp3) is 0.200. The summed E-state index contributed by atoms with van der Waals surface area (Å²) in [5.74, 6) is 0. The molecule has 2 aromatic carbocycles. The summed E-state index contributed by atoms with van der Waals surface area (Å²) in [5, 5.41) is 16.5. The molecule has 1 saturated heterocycles. The smallest absolute Gasteiger partial charge is 0.325 e. The van der Waals surface area contributed by atoms with Gasteiger partial charge in [0.25, 0.3) is 0 Å². The first-order valence-corrected chi connectivity index (χ1v) is 8.58. The molecule has 1 aliphatic rings. The van der Waals surface area contributed by atoms with Crippen molar-refractivity contribution in [3.05, 3.63) is 72.6 Å². The fourth-order valence-electron chi connectivity index (χ4n) is 3.34. The van der Waals surface area contributed by atoms with E-state index in [9.17, 15) is 9.90 Å². The first kappa shape index (κ1) is 16.4. The Hall–Kier alpha value is -3.12. The van der Waals surface area contributed by atoms with E-state index in [0.29, 0.717) is 13.1 Å². The lowest BCUT2D eigenvalue weighted by Gasteiger charge is -2.22. The predicted molar refractivity (Wildman–Crippen MR) is 99.6 cm³/mol. The maximum Gasteiger partial charge on any atom is 0.325 e. The van der Waals surface area contributed by atoms with E-state index < -0.39 is 0 Å². The number of amides is 2. The lowest BCUT2D eigenvalue weighted by atomic mass is 10.1. The number of hydrogen-bond donors (Lipinski definition) is 2. The summed E-state index contributed by atoms with van der Waals surface area (Å²) in [7, 11) is 0. The van der Waals surface area contributed by atoms with Crippen molar-refractivity contribution >= 4 is 11.7 Å². The van der Waals surface area contributed by atoms with Gasteiger partial charge in [-0.1, -0.05) is 42.5 Å². The molecule has 2 heterocycles. The summed E-state index contributed by atoms with van der Waals surface area (Å²) in [6, 6.07) is 17.3. The molecule has 1 aromatic heterocycles. The topological polar surface area (TPSA) is 72.5 Å². The van der Waals surface area contributed by atoms with Crippen molar-refractivity contribution in [1.29, 1.82) is 0 Å². The summed E-state index contributed by atoms with van der Waals surface area (Å²) >= 11 is 0. The molecule has 132 valence electrons. The van der Waals surface area contributed by atoms with Crippen LogP contribution in [0, 0.1) is 0 Å². The van der Waals surface area contributed by atoms with E-state index in [1.54, 1.807) is 16.0 Å². The van der Waals surface area contributed by atoms with E-state index >= 15 is 0 Å². The average Bonchev–Trinajstić information content (AvgIpc) is 3.32. The molecule has 6 heteroatoms. The Morgan fingerprint density at radius 3 is 2.50 bits per heavy atom. The van der Waals surface area contributed by atoms with Crippen LogP contribution in [0.15, 0.2) is 67.0 Å². The SMILES string of the molecule is O=C1N(Cc2ccccc2)CC(CO)N1c1ccc(-c2cn[nH]c2)cc1. The van der Waals surface area contributed by atoms with Crippen LogP contribution in [0.4, 0.5) is 10.5 Å². The van der Waals surface area contributed by atoms with Gasteiger partial charge in [0.2, 0.25) is 0 Å². The Morgan fingerprint density at radius 1 is 1.08 bits per heavy atom. The van der Waals surface area contributed by atoms with Crippen LogP contribution in [-0.4, -0.2) is 45.4 Å². The third-order valence-corrected chi connectivity index (χ3v) is 4.68. The molecule has 0 bridgehead atoms. The number of aliphatic hydroxyl groups excluding tert-OH is 1. The average molecular weight is 348 g/mol. The summed E-state index contributed by atoms with van der Waals surface area (Å²) in [4.78, 5) is 16.4. The van der Waals surface area contributed by atoms with Gasteiger partial charge in [-0.15, -0.1) is 0 Å². The highest BCUT2D eigenvalue weighted by molar-refractivity contribution is 5.95. The number of rotatable bonds is 5. The van der Waals surface area contributed by atoms with Gasteiger partial charge in [-0.3, -0.25) is 10.00 Å². The zero-order valence-corrected chi connectivity index (χ0v) is 14.2. The molecule has 0 saturated carbocycles. The van der Waals surface area contributed by atoms with Crippen LogP contribution in [0.25, 0.3) is 11.1 Å². The number of nitrogens with zero attached hydrogens (tertiary/aromatic N) is 3. The lowest BCUT2D eigenvalue weighted by molar-refractivity contribution is 0.217. The van der Waals surface area contributed by atoms with Crippen LogP contribution >= 0.6 is 0 Å². The number of carbonyl (C=O) groups is 1. The van der Waals surface area contributed by atoms with Gasteiger partial charge in [0.05, 0.1) is 18.8 Å². The molecule has 3 aromatic rings. The van der Waals surface area contributed by atoms with Crippen molar-refractivity contribution in [2.75, 3.05) is 18.1 Å². The van der Waals surface area contributed by atoms with Crippen LogP contribution in [0.3, 0.4) is 0 Å². The molecule has 0 spiro atoms. The molecule has 4 rings (SSSR count). The molecule has 26 heavy (non-hydrogen) atoms. The minimum Gasteiger partial charge on any atom is -0.394 e. The van der Waals surface area contributed by atoms with E-state index in [-0.39, 0.29) is 18.7 Å². The Labute approximate surface area is 151 Å². The van der Waals surface area contributed by atoms with Gasteiger partial charge in [0, 0.05) is 30.5 Å². The van der Waals surface area contributed by atoms with Gasteiger partial charge in [0.15, 0.2) is 0 Å². The monoisotopic (exact) mass is 348 g/mol. The molecule has 1 unspecified atom stereocenters. The van der Waals surface area contributed by atoms with Crippen molar-refractivity contribution in [2.45, 2.75) is 12.6 Å². The van der Waals surface area contributed by atoms with Crippen LogP contribution in [0.1, 0.15) is 5.56 Å². The van der Waals surface area contributed by atoms with E-state index in [2.05, 4.69) is 10.2 Å². The normalized spacial score (nSPS) is 17.1. The molecule has 1 atom stereocenters. The number of urea groups is 1. The molecule has 0 radical (unpaired) electrons. The minimum atomic E-state index is -0.244. The largest absolute Gasteiger partial charge is 0.394 e. The Morgan fingerprint density at radius 2 is 1.85 bits per heavy atom. The minimum absolute atomic E-state index is 0.0689. The Kier molecular flexibility index (Phi) is 4.41. The van der Waals surface area contributed by atoms with E-state index in [4.69, 9.17) is 0 Å². The van der Waals surface area contributed by atoms with Crippen LogP contribution in [0.2, 0.25) is 0 Å². The number of anilines is 1. The third kappa shape index (κ3) is 3.07. The first-order valence-electron chi connectivity index (χ1n) is 8.58. The van der Waals surface area contributed by atoms with Crippen LogP contribution in [-0.2, 0) is 6.54 Å².